The van der Waals surface area contributed by atoms with E-state index in [1.165, 1.54) is 4.90 Å². The van der Waals surface area contributed by atoms with Crippen LogP contribution in [0.15, 0.2) is 47.6 Å². The molecule has 128 valence electrons. The zero-order valence-corrected chi connectivity index (χ0v) is 15.0. The Morgan fingerprint density at radius 1 is 1.42 bits per heavy atom. The van der Waals surface area contributed by atoms with Crippen LogP contribution in [0.4, 0.5) is 0 Å². The normalized spacial score (nSPS) is 19.2. The molecule has 6 heteroatoms. The van der Waals surface area contributed by atoms with Gasteiger partial charge in [0.2, 0.25) is 5.91 Å². The molecule has 24 heavy (non-hydrogen) atoms. The predicted molar refractivity (Wildman–Crippen MR) is 96.9 cm³/mol. The number of aromatic nitrogens is 2. The minimum absolute atomic E-state index is 0.00965. The van der Waals surface area contributed by atoms with Gasteiger partial charge >= 0.3 is 0 Å². The molecule has 1 saturated heterocycles. The third kappa shape index (κ3) is 3.82. The Hall–Kier alpha value is -1.79. The molecule has 1 aliphatic heterocycles. The fourth-order valence-corrected chi connectivity index (χ4v) is 3.92. The molecule has 0 spiro atoms. The third-order valence-corrected chi connectivity index (χ3v) is 5.62. The van der Waals surface area contributed by atoms with Crippen LogP contribution in [0.2, 0.25) is 0 Å². The largest absolute Gasteiger partial charge is 0.336 e. The maximum atomic E-state index is 13.0. The van der Waals surface area contributed by atoms with Crippen LogP contribution in [0, 0.1) is 5.92 Å². The standard InChI is InChI=1S/C18H24N4OS/c1-14(13-24-15-6-4-3-5-7-15)18(23)22-11-8-19-12-16(22)17-20-9-10-21(17)2/h3-7,9-10,14,16,19H,8,11-13H2,1-2H3. The number of hydrogen-bond donors (Lipinski definition) is 1. The van der Waals surface area contributed by atoms with Gasteiger partial charge in [-0.05, 0) is 12.1 Å². The molecule has 3 rings (SSSR count). The molecule has 1 aromatic carbocycles. The van der Waals surface area contributed by atoms with E-state index in [0.29, 0.717) is 0 Å². The number of carbonyl (C=O) groups excluding carboxylic acids is 1. The van der Waals surface area contributed by atoms with Crippen molar-refractivity contribution < 1.29 is 4.79 Å². The molecule has 2 heterocycles. The second-order valence-electron chi connectivity index (χ2n) is 6.17. The second kappa shape index (κ2) is 7.85. The number of thioether (sulfide) groups is 1. The molecule has 1 fully saturated rings. The van der Waals surface area contributed by atoms with Crippen LogP contribution < -0.4 is 5.32 Å². The van der Waals surface area contributed by atoms with Gasteiger partial charge in [-0.2, -0.15) is 0 Å². The Morgan fingerprint density at radius 2 is 2.21 bits per heavy atom. The first-order valence-corrected chi connectivity index (χ1v) is 9.31. The van der Waals surface area contributed by atoms with Crippen LogP contribution in [0.25, 0.3) is 0 Å². The minimum atomic E-state index is -0.0175. The minimum Gasteiger partial charge on any atom is -0.336 e. The Bertz CT molecular complexity index is 673. The van der Waals surface area contributed by atoms with Gasteiger partial charge in [0.1, 0.15) is 11.9 Å². The summed E-state index contributed by atoms with van der Waals surface area (Å²) >= 11 is 1.74. The lowest BCUT2D eigenvalue weighted by atomic mass is 10.1. The summed E-state index contributed by atoms with van der Waals surface area (Å²) in [5.74, 6) is 1.93. The lowest BCUT2D eigenvalue weighted by molar-refractivity contribution is -0.137. The zero-order chi connectivity index (χ0) is 16.9. The quantitative estimate of drug-likeness (QED) is 0.846. The number of aryl methyl sites for hydroxylation is 1. The Labute approximate surface area is 147 Å². The number of piperazine rings is 1. The second-order valence-corrected chi connectivity index (χ2v) is 7.27. The molecule has 0 aliphatic carbocycles. The van der Waals surface area contributed by atoms with Gasteiger partial charge in [0.25, 0.3) is 0 Å². The number of amides is 1. The molecule has 1 aliphatic rings. The van der Waals surface area contributed by atoms with Crippen molar-refractivity contribution in [1.29, 1.82) is 0 Å². The maximum Gasteiger partial charge on any atom is 0.226 e. The van der Waals surface area contributed by atoms with Gasteiger partial charge in [0.15, 0.2) is 0 Å². The fourth-order valence-electron chi connectivity index (χ4n) is 2.99. The number of rotatable bonds is 5. The van der Waals surface area contributed by atoms with Gasteiger partial charge in [-0.15, -0.1) is 11.8 Å². The third-order valence-electron chi connectivity index (χ3n) is 4.35. The van der Waals surface area contributed by atoms with Gasteiger partial charge < -0.3 is 14.8 Å². The van der Waals surface area contributed by atoms with Crippen molar-refractivity contribution in [2.45, 2.75) is 17.9 Å². The maximum absolute atomic E-state index is 13.0. The van der Waals surface area contributed by atoms with Gasteiger partial charge in [-0.3, -0.25) is 4.79 Å². The molecule has 2 aromatic rings. The average molecular weight is 344 g/mol. The van der Waals surface area contributed by atoms with E-state index in [1.54, 1.807) is 18.0 Å². The van der Waals surface area contributed by atoms with Gasteiger partial charge in [-0.25, -0.2) is 4.98 Å². The summed E-state index contributed by atoms with van der Waals surface area (Å²) in [6.45, 7) is 4.35. The van der Waals surface area contributed by atoms with E-state index in [1.807, 2.05) is 47.8 Å². The van der Waals surface area contributed by atoms with E-state index in [4.69, 9.17) is 0 Å². The molecule has 0 bridgehead atoms. The summed E-state index contributed by atoms with van der Waals surface area (Å²) in [4.78, 5) is 20.6. The predicted octanol–water partition coefficient (Wildman–Crippen LogP) is 2.32. The van der Waals surface area contributed by atoms with E-state index in [-0.39, 0.29) is 17.9 Å². The van der Waals surface area contributed by atoms with E-state index in [0.717, 1.165) is 31.2 Å². The van der Waals surface area contributed by atoms with E-state index >= 15 is 0 Å². The van der Waals surface area contributed by atoms with Crippen molar-refractivity contribution in [3.8, 4) is 0 Å². The number of hydrogen-bond acceptors (Lipinski definition) is 4. The number of benzene rings is 1. The number of nitrogens with one attached hydrogen (secondary N) is 1. The highest BCUT2D eigenvalue weighted by Gasteiger charge is 2.32. The number of nitrogens with zero attached hydrogens (tertiary/aromatic N) is 3. The van der Waals surface area contributed by atoms with Crippen molar-refractivity contribution in [3.05, 3.63) is 48.5 Å². The summed E-state index contributed by atoms with van der Waals surface area (Å²) in [7, 11) is 1.98. The van der Waals surface area contributed by atoms with E-state index in [9.17, 15) is 4.79 Å². The first-order chi connectivity index (χ1) is 11.7. The lowest BCUT2D eigenvalue weighted by Gasteiger charge is -2.37. The zero-order valence-electron chi connectivity index (χ0n) is 14.2. The monoisotopic (exact) mass is 344 g/mol. The van der Waals surface area contributed by atoms with Crippen LogP contribution in [-0.4, -0.2) is 45.7 Å². The van der Waals surface area contributed by atoms with Crippen LogP contribution in [0.5, 0.6) is 0 Å². The van der Waals surface area contributed by atoms with Gasteiger partial charge in [0, 0.05) is 55.6 Å². The molecule has 1 aromatic heterocycles. The van der Waals surface area contributed by atoms with Crippen molar-refractivity contribution in [2.24, 2.45) is 13.0 Å². The number of imidazole rings is 1. The summed E-state index contributed by atoms with van der Waals surface area (Å²) in [5.41, 5.74) is 0. The molecule has 2 atom stereocenters. The van der Waals surface area contributed by atoms with Crippen molar-refractivity contribution in [1.82, 2.24) is 19.8 Å². The molecular formula is C18H24N4OS. The Morgan fingerprint density at radius 3 is 2.92 bits per heavy atom. The molecule has 5 nitrogen and oxygen atoms in total. The van der Waals surface area contributed by atoms with Crippen LogP contribution >= 0.6 is 11.8 Å². The molecule has 0 saturated carbocycles. The molecule has 0 radical (unpaired) electrons. The molecular weight excluding hydrogens is 320 g/mol. The van der Waals surface area contributed by atoms with Crippen molar-refractivity contribution in [2.75, 3.05) is 25.4 Å². The van der Waals surface area contributed by atoms with E-state index in [2.05, 4.69) is 22.4 Å². The van der Waals surface area contributed by atoms with Gasteiger partial charge in [0.05, 0.1) is 0 Å². The molecule has 2 unspecified atom stereocenters. The number of carbonyl (C=O) groups is 1. The van der Waals surface area contributed by atoms with Crippen LogP contribution in [0.3, 0.4) is 0 Å². The molecule has 1 amide bonds. The Balaban J connectivity index is 1.66. The topological polar surface area (TPSA) is 50.2 Å². The smallest absolute Gasteiger partial charge is 0.226 e. The van der Waals surface area contributed by atoms with Crippen LogP contribution in [0.1, 0.15) is 18.8 Å². The van der Waals surface area contributed by atoms with Crippen LogP contribution in [-0.2, 0) is 11.8 Å². The van der Waals surface area contributed by atoms with Crippen molar-refractivity contribution >= 4 is 17.7 Å². The highest BCUT2D eigenvalue weighted by atomic mass is 32.2. The lowest BCUT2D eigenvalue weighted by Crippen LogP contribution is -2.51. The summed E-state index contributed by atoms with van der Waals surface area (Å²) < 4.78 is 2.00. The Kier molecular flexibility index (Phi) is 5.58. The first-order valence-electron chi connectivity index (χ1n) is 8.33. The molecule has 1 N–H and O–H groups in total. The van der Waals surface area contributed by atoms with E-state index < -0.39 is 0 Å². The SMILES string of the molecule is CC(CSc1ccccc1)C(=O)N1CCNCC1c1nccn1C. The average Bonchev–Trinajstić information content (AvgIpc) is 3.05. The van der Waals surface area contributed by atoms with Gasteiger partial charge in [-0.1, -0.05) is 25.1 Å². The highest BCUT2D eigenvalue weighted by molar-refractivity contribution is 7.99. The summed E-state index contributed by atoms with van der Waals surface area (Å²) in [5, 5.41) is 3.38. The highest BCUT2D eigenvalue weighted by Crippen LogP contribution is 2.25. The summed E-state index contributed by atoms with van der Waals surface area (Å²) in [6, 6.07) is 10.3. The summed E-state index contributed by atoms with van der Waals surface area (Å²) in [6.07, 6.45) is 3.72. The fraction of sp³-hybridized carbons (Fsp3) is 0.444. The van der Waals surface area contributed by atoms with Crippen molar-refractivity contribution in [3.63, 3.8) is 0 Å². The first kappa shape index (κ1) is 17.0.